The van der Waals surface area contributed by atoms with Gasteiger partial charge in [-0.3, -0.25) is 0 Å². The van der Waals surface area contributed by atoms with Gasteiger partial charge in [-0.25, -0.2) is 4.79 Å². The van der Waals surface area contributed by atoms with E-state index < -0.39 is 14.0 Å². The topological polar surface area (TPSA) is 49.3 Å². The summed E-state index contributed by atoms with van der Waals surface area (Å²) in [4.78, 5) is 10.8. The molecule has 0 saturated heterocycles. The van der Waals surface area contributed by atoms with E-state index in [0.717, 1.165) is 12.2 Å². The van der Waals surface area contributed by atoms with Gasteiger partial charge >= 0.3 is 5.97 Å². The molecule has 0 radical (unpaired) electrons. The van der Waals surface area contributed by atoms with Crippen LogP contribution in [0.4, 0.5) is 5.69 Å². The molecule has 0 aliphatic carbocycles. The number of carboxylic acid groups (broad SMARTS) is 1. The van der Waals surface area contributed by atoms with E-state index in [1.807, 2.05) is 12.1 Å². The van der Waals surface area contributed by atoms with Crippen LogP contribution in [-0.4, -0.2) is 25.7 Å². The molecule has 0 atom stereocenters. The molecule has 0 aliphatic rings. The van der Waals surface area contributed by atoms with Gasteiger partial charge in [-0.15, -0.1) is 0 Å². The van der Waals surface area contributed by atoms with Crippen LogP contribution in [0, 0.1) is 0 Å². The molecule has 0 unspecified atom stereocenters. The molecule has 0 aliphatic heterocycles. The van der Waals surface area contributed by atoms with Crippen molar-refractivity contribution < 1.29 is 9.90 Å². The molecule has 0 fully saturated rings. The zero-order valence-corrected chi connectivity index (χ0v) is 21.7. The van der Waals surface area contributed by atoms with Crippen LogP contribution in [0.25, 0.3) is 0 Å². The van der Waals surface area contributed by atoms with Gasteiger partial charge in [0.15, 0.2) is 0 Å². The summed E-state index contributed by atoms with van der Waals surface area (Å²) in [6, 6.07) is 13.0. The van der Waals surface area contributed by atoms with Crippen LogP contribution in [-0.2, 0) is 0 Å². The van der Waals surface area contributed by atoms with Gasteiger partial charge < -0.3 is 10.4 Å². The van der Waals surface area contributed by atoms with Crippen LogP contribution >= 0.6 is 0 Å². The number of anilines is 1. The third kappa shape index (κ3) is 12.4. The van der Waals surface area contributed by atoms with Gasteiger partial charge in [0.1, 0.15) is 0 Å². The smallest absolute Gasteiger partial charge is 0.335 e. The SMILES string of the molecule is CC[Si](CC)(CC)CCCCCCCCCCCCCCNc1ccc(C(=O)O)cc1. The third-order valence-corrected chi connectivity index (χ3v) is 13.3. The Morgan fingerprint density at radius 2 is 1.13 bits per heavy atom. The van der Waals surface area contributed by atoms with Crippen molar-refractivity contribution >= 4 is 19.7 Å². The molecular weight excluding hydrogens is 398 g/mol. The Hall–Kier alpha value is -1.29. The fourth-order valence-electron chi connectivity index (χ4n) is 4.64. The second-order valence-corrected chi connectivity index (χ2v) is 15.0. The van der Waals surface area contributed by atoms with E-state index in [9.17, 15) is 4.79 Å². The van der Waals surface area contributed by atoms with Gasteiger partial charge in [-0.2, -0.15) is 0 Å². The molecule has 31 heavy (non-hydrogen) atoms. The van der Waals surface area contributed by atoms with E-state index in [1.54, 1.807) is 18.2 Å². The number of carbonyl (C=O) groups is 1. The molecule has 0 bridgehead atoms. The Balaban J connectivity index is 1.86. The molecule has 3 nitrogen and oxygen atoms in total. The Morgan fingerprint density at radius 3 is 1.55 bits per heavy atom. The third-order valence-electron chi connectivity index (χ3n) is 7.34. The largest absolute Gasteiger partial charge is 0.478 e. The Bertz CT molecular complexity index is 561. The first-order chi connectivity index (χ1) is 15.1. The first-order valence-electron chi connectivity index (χ1n) is 13.1. The van der Waals surface area contributed by atoms with Crippen LogP contribution in [0.5, 0.6) is 0 Å². The van der Waals surface area contributed by atoms with Crippen LogP contribution < -0.4 is 5.32 Å². The standard InChI is InChI=1S/C27H49NO2Si/c1-4-31(5-2,6-3)24-18-16-14-12-10-8-7-9-11-13-15-17-23-28-26-21-19-25(20-22-26)27(29)30/h19-22,28H,4-18,23-24H2,1-3H3,(H,29,30). The van der Waals surface area contributed by atoms with Crippen LogP contribution in [0.3, 0.4) is 0 Å². The molecule has 1 aromatic carbocycles. The maximum atomic E-state index is 10.8. The van der Waals surface area contributed by atoms with Crippen molar-refractivity contribution in [3.63, 3.8) is 0 Å². The number of unbranched alkanes of at least 4 members (excludes halogenated alkanes) is 11. The van der Waals surface area contributed by atoms with Gasteiger partial charge in [0, 0.05) is 12.2 Å². The first-order valence-corrected chi connectivity index (χ1v) is 16.0. The van der Waals surface area contributed by atoms with Gasteiger partial charge in [-0.1, -0.05) is 116 Å². The second kappa shape index (κ2) is 17.3. The van der Waals surface area contributed by atoms with E-state index in [2.05, 4.69) is 26.1 Å². The molecule has 0 amide bonds. The molecule has 4 heteroatoms. The van der Waals surface area contributed by atoms with Gasteiger partial charge in [0.25, 0.3) is 0 Å². The van der Waals surface area contributed by atoms with Crippen molar-refractivity contribution in [2.24, 2.45) is 0 Å². The zero-order chi connectivity index (χ0) is 22.8. The molecule has 1 rings (SSSR count). The summed E-state index contributed by atoms with van der Waals surface area (Å²) in [5.74, 6) is -0.870. The molecule has 1 aromatic rings. The predicted molar refractivity (Wildman–Crippen MR) is 139 cm³/mol. The summed E-state index contributed by atoms with van der Waals surface area (Å²) in [7, 11) is -0.867. The number of rotatable bonds is 20. The van der Waals surface area contributed by atoms with Crippen molar-refractivity contribution in [3.05, 3.63) is 29.8 Å². The Kier molecular flexibility index (Phi) is 15.5. The summed E-state index contributed by atoms with van der Waals surface area (Å²) in [5, 5.41) is 12.3. The van der Waals surface area contributed by atoms with E-state index in [1.165, 1.54) is 95.2 Å². The summed E-state index contributed by atoms with van der Waals surface area (Å²) in [6.45, 7) is 8.26. The molecular formula is C27H49NO2Si. The van der Waals surface area contributed by atoms with Crippen LogP contribution in [0.2, 0.25) is 24.2 Å². The van der Waals surface area contributed by atoms with Gasteiger partial charge in [0.2, 0.25) is 0 Å². The average Bonchev–Trinajstić information content (AvgIpc) is 2.79. The quantitative estimate of drug-likeness (QED) is 0.155. The normalized spacial score (nSPS) is 11.6. The predicted octanol–water partition coefficient (Wildman–Crippen LogP) is 8.99. The molecule has 0 saturated carbocycles. The van der Waals surface area contributed by atoms with Gasteiger partial charge in [-0.05, 0) is 30.7 Å². The number of benzene rings is 1. The minimum atomic E-state index is -0.870. The van der Waals surface area contributed by atoms with E-state index in [0.29, 0.717) is 5.56 Å². The Morgan fingerprint density at radius 1 is 0.710 bits per heavy atom. The lowest BCUT2D eigenvalue weighted by atomic mass is 10.1. The number of hydrogen-bond donors (Lipinski definition) is 2. The maximum Gasteiger partial charge on any atom is 0.335 e. The van der Waals surface area contributed by atoms with E-state index in [4.69, 9.17) is 5.11 Å². The minimum absolute atomic E-state index is 0.342. The highest BCUT2D eigenvalue weighted by molar-refractivity contribution is 6.79. The fourth-order valence-corrected chi connectivity index (χ4v) is 8.20. The van der Waals surface area contributed by atoms with Crippen molar-refractivity contribution in [1.82, 2.24) is 0 Å². The highest BCUT2D eigenvalue weighted by atomic mass is 28.3. The number of nitrogens with one attached hydrogen (secondary N) is 1. The lowest BCUT2D eigenvalue weighted by Crippen LogP contribution is -2.30. The summed E-state index contributed by atoms with van der Waals surface area (Å²) >= 11 is 0. The zero-order valence-electron chi connectivity index (χ0n) is 20.7. The first kappa shape index (κ1) is 27.7. The van der Waals surface area contributed by atoms with Gasteiger partial charge in [0.05, 0.1) is 13.6 Å². The molecule has 178 valence electrons. The van der Waals surface area contributed by atoms with Crippen molar-refractivity contribution in [2.75, 3.05) is 11.9 Å². The highest BCUT2D eigenvalue weighted by Gasteiger charge is 2.25. The van der Waals surface area contributed by atoms with Crippen LogP contribution in [0.15, 0.2) is 24.3 Å². The molecule has 0 aromatic heterocycles. The van der Waals surface area contributed by atoms with Crippen molar-refractivity contribution in [3.8, 4) is 0 Å². The van der Waals surface area contributed by atoms with Crippen LogP contribution in [0.1, 0.15) is 108 Å². The number of carboxylic acids is 1. The number of hydrogen-bond acceptors (Lipinski definition) is 2. The fraction of sp³-hybridized carbons (Fsp3) is 0.741. The summed E-state index contributed by atoms with van der Waals surface area (Å²) in [6.07, 6.45) is 16.7. The van der Waals surface area contributed by atoms with E-state index >= 15 is 0 Å². The maximum absolute atomic E-state index is 10.8. The number of aromatic carboxylic acids is 1. The molecule has 2 N–H and O–H groups in total. The lowest BCUT2D eigenvalue weighted by molar-refractivity contribution is 0.0697. The second-order valence-electron chi connectivity index (χ2n) is 9.36. The minimum Gasteiger partial charge on any atom is -0.478 e. The summed E-state index contributed by atoms with van der Waals surface area (Å²) in [5.41, 5.74) is 1.35. The Labute approximate surface area is 193 Å². The monoisotopic (exact) mass is 447 g/mol. The molecule has 0 spiro atoms. The average molecular weight is 448 g/mol. The molecule has 0 heterocycles. The summed E-state index contributed by atoms with van der Waals surface area (Å²) < 4.78 is 0. The lowest BCUT2D eigenvalue weighted by Gasteiger charge is -2.28. The highest BCUT2D eigenvalue weighted by Crippen LogP contribution is 2.27. The van der Waals surface area contributed by atoms with E-state index in [-0.39, 0.29) is 0 Å². The van der Waals surface area contributed by atoms with Crippen molar-refractivity contribution in [2.45, 2.75) is 122 Å². The van der Waals surface area contributed by atoms with Crippen molar-refractivity contribution in [1.29, 1.82) is 0 Å².